The van der Waals surface area contributed by atoms with E-state index in [1.165, 1.54) is 19.2 Å². The average molecular weight is 418 g/mol. The summed E-state index contributed by atoms with van der Waals surface area (Å²) in [5, 5.41) is 2.76. The predicted molar refractivity (Wildman–Crippen MR) is 106 cm³/mol. The fourth-order valence-electron chi connectivity index (χ4n) is 3.34. The second kappa shape index (κ2) is 8.31. The molecule has 0 aromatic heterocycles. The lowest BCUT2D eigenvalue weighted by molar-refractivity contribution is -0.138. The molecule has 0 aliphatic carbocycles. The Hall–Kier alpha value is -3.13. The summed E-state index contributed by atoms with van der Waals surface area (Å²) >= 11 is 0. The molecule has 5 nitrogen and oxygen atoms in total. The van der Waals surface area contributed by atoms with Crippen LogP contribution in [-0.2, 0) is 20.5 Å². The maximum Gasteiger partial charge on any atom is 0.416 e. The van der Waals surface area contributed by atoms with Crippen LogP contribution in [0.5, 0.6) is 0 Å². The van der Waals surface area contributed by atoms with Crippen molar-refractivity contribution in [3.8, 4) is 0 Å². The zero-order chi connectivity index (χ0) is 22.1. The normalized spacial score (nSPS) is 14.7. The van der Waals surface area contributed by atoms with Crippen LogP contribution in [0.25, 0.3) is 5.57 Å². The van der Waals surface area contributed by atoms with Crippen LogP contribution in [0.1, 0.15) is 22.3 Å². The molecule has 0 saturated heterocycles. The third-order valence-corrected chi connectivity index (χ3v) is 4.80. The van der Waals surface area contributed by atoms with Crippen LogP contribution in [-0.4, -0.2) is 37.0 Å². The van der Waals surface area contributed by atoms with Gasteiger partial charge in [0, 0.05) is 12.8 Å². The van der Waals surface area contributed by atoms with Crippen molar-refractivity contribution in [3.05, 3.63) is 70.4 Å². The summed E-state index contributed by atoms with van der Waals surface area (Å²) in [6, 6.07) is 9.93. The first-order valence-corrected chi connectivity index (χ1v) is 9.24. The lowest BCUT2D eigenvalue weighted by Gasteiger charge is -2.15. The van der Waals surface area contributed by atoms with Gasteiger partial charge in [-0.15, -0.1) is 0 Å². The third-order valence-electron chi connectivity index (χ3n) is 4.80. The number of carbonyl (C=O) groups excluding carboxylic acids is 2. The first kappa shape index (κ1) is 21.6. The minimum atomic E-state index is -4.53. The van der Waals surface area contributed by atoms with E-state index in [-0.39, 0.29) is 30.1 Å². The van der Waals surface area contributed by atoms with Crippen molar-refractivity contribution in [2.45, 2.75) is 20.0 Å². The highest BCUT2D eigenvalue weighted by Gasteiger charge is 2.39. The van der Waals surface area contributed by atoms with E-state index in [2.05, 4.69) is 5.32 Å². The van der Waals surface area contributed by atoms with Crippen LogP contribution < -0.4 is 5.32 Å². The monoisotopic (exact) mass is 418 g/mol. The summed E-state index contributed by atoms with van der Waals surface area (Å²) < 4.78 is 44.2. The Balaban J connectivity index is 2.09. The molecule has 8 heteroatoms. The van der Waals surface area contributed by atoms with Crippen LogP contribution in [0.4, 0.5) is 18.9 Å². The molecule has 30 heavy (non-hydrogen) atoms. The Morgan fingerprint density at radius 3 is 2.40 bits per heavy atom. The minimum Gasteiger partial charge on any atom is -0.383 e. The van der Waals surface area contributed by atoms with E-state index in [4.69, 9.17) is 4.74 Å². The van der Waals surface area contributed by atoms with Gasteiger partial charge < -0.3 is 10.1 Å². The van der Waals surface area contributed by atoms with Crippen molar-refractivity contribution in [1.82, 2.24) is 4.90 Å². The van der Waals surface area contributed by atoms with Gasteiger partial charge in [-0.25, -0.2) is 0 Å². The number of rotatable bonds is 6. The van der Waals surface area contributed by atoms with Gasteiger partial charge in [-0.2, -0.15) is 13.2 Å². The number of hydrogen-bond donors (Lipinski definition) is 1. The fourth-order valence-corrected chi connectivity index (χ4v) is 3.34. The van der Waals surface area contributed by atoms with E-state index < -0.39 is 23.6 Å². The topological polar surface area (TPSA) is 58.6 Å². The van der Waals surface area contributed by atoms with E-state index >= 15 is 0 Å². The van der Waals surface area contributed by atoms with Gasteiger partial charge in [-0.3, -0.25) is 14.5 Å². The van der Waals surface area contributed by atoms with Crippen molar-refractivity contribution < 1.29 is 27.5 Å². The largest absolute Gasteiger partial charge is 0.416 e. The van der Waals surface area contributed by atoms with Crippen molar-refractivity contribution in [1.29, 1.82) is 0 Å². The number of anilines is 1. The van der Waals surface area contributed by atoms with Crippen LogP contribution in [0.3, 0.4) is 0 Å². The van der Waals surface area contributed by atoms with Crippen molar-refractivity contribution in [2.75, 3.05) is 25.6 Å². The number of halogens is 3. The number of hydrogen-bond acceptors (Lipinski definition) is 4. The number of amides is 2. The zero-order valence-corrected chi connectivity index (χ0v) is 16.8. The van der Waals surface area contributed by atoms with Gasteiger partial charge in [0.25, 0.3) is 11.8 Å². The Morgan fingerprint density at radius 2 is 1.77 bits per heavy atom. The number of aryl methyl sites for hydroxylation is 2. The lowest BCUT2D eigenvalue weighted by atomic mass is 9.97. The van der Waals surface area contributed by atoms with Crippen LogP contribution in [0.2, 0.25) is 0 Å². The van der Waals surface area contributed by atoms with E-state index in [1.54, 1.807) is 6.07 Å². The maximum atomic E-state index is 13.1. The van der Waals surface area contributed by atoms with Gasteiger partial charge in [0.05, 0.1) is 24.3 Å². The Labute approximate surface area is 172 Å². The number of ether oxygens (including phenoxy) is 1. The highest BCUT2D eigenvalue weighted by atomic mass is 19.4. The quantitative estimate of drug-likeness (QED) is 0.716. The highest BCUT2D eigenvalue weighted by molar-refractivity contribution is 6.36. The smallest absolute Gasteiger partial charge is 0.383 e. The standard InChI is InChI=1S/C22H21F3N2O3/c1-13-7-8-17(14(2)11-13)18-19(21(29)27(20(18)28)9-10-30-3)26-16-6-4-5-15(12-16)22(23,24)25/h4-8,11-12,26H,9-10H2,1-3H3. The van der Waals surface area contributed by atoms with E-state index in [1.807, 2.05) is 26.0 Å². The predicted octanol–water partition coefficient (Wildman–Crippen LogP) is 4.16. The lowest BCUT2D eigenvalue weighted by Crippen LogP contribution is -2.35. The molecule has 1 aliphatic rings. The molecule has 0 saturated carbocycles. The maximum absolute atomic E-state index is 13.1. The van der Waals surface area contributed by atoms with Gasteiger partial charge in [0.1, 0.15) is 5.70 Å². The molecule has 0 radical (unpaired) electrons. The summed E-state index contributed by atoms with van der Waals surface area (Å²) in [6.45, 7) is 3.90. The summed E-state index contributed by atoms with van der Waals surface area (Å²) in [6.07, 6.45) is -4.53. The van der Waals surface area contributed by atoms with Gasteiger partial charge in [0.15, 0.2) is 0 Å². The first-order valence-electron chi connectivity index (χ1n) is 9.24. The Kier molecular flexibility index (Phi) is 5.98. The summed E-state index contributed by atoms with van der Waals surface area (Å²) in [7, 11) is 1.45. The van der Waals surface area contributed by atoms with Crippen LogP contribution in [0.15, 0.2) is 48.2 Å². The van der Waals surface area contributed by atoms with E-state index in [9.17, 15) is 22.8 Å². The van der Waals surface area contributed by atoms with Crippen molar-refractivity contribution >= 4 is 23.1 Å². The molecule has 3 rings (SSSR count). The van der Waals surface area contributed by atoms with Crippen LogP contribution >= 0.6 is 0 Å². The van der Waals surface area contributed by atoms with Gasteiger partial charge in [-0.1, -0.05) is 29.8 Å². The molecular formula is C22H21F3N2O3. The number of alkyl halides is 3. The molecule has 0 spiro atoms. The molecule has 2 amide bonds. The highest BCUT2D eigenvalue weighted by Crippen LogP contribution is 2.34. The number of nitrogens with one attached hydrogen (secondary N) is 1. The molecule has 158 valence electrons. The second-order valence-electron chi connectivity index (χ2n) is 7.03. The van der Waals surface area contributed by atoms with Gasteiger partial charge in [0.2, 0.25) is 0 Å². The van der Waals surface area contributed by atoms with Crippen molar-refractivity contribution in [3.63, 3.8) is 0 Å². The molecule has 0 unspecified atom stereocenters. The number of carbonyl (C=O) groups is 2. The summed E-state index contributed by atoms with van der Waals surface area (Å²) in [5.74, 6) is -1.12. The number of methoxy groups -OCH3 is 1. The molecule has 2 aromatic rings. The number of imide groups is 1. The van der Waals surface area contributed by atoms with Crippen LogP contribution in [0, 0.1) is 13.8 Å². The second-order valence-corrected chi connectivity index (χ2v) is 7.03. The molecule has 1 aliphatic heterocycles. The zero-order valence-electron chi connectivity index (χ0n) is 16.8. The summed E-state index contributed by atoms with van der Waals surface area (Å²) in [4.78, 5) is 27.1. The fraction of sp³-hybridized carbons (Fsp3) is 0.273. The SMILES string of the molecule is COCCN1C(=O)C(Nc2cccc(C(F)(F)F)c2)=C(c2ccc(C)cc2C)C1=O. The molecule has 1 heterocycles. The molecule has 0 fully saturated rings. The Morgan fingerprint density at radius 1 is 1.03 bits per heavy atom. The van der Waals surface area contributed by atoms with Gasteiger partial charge >= 0.3 is 6.18 Å². The first-order chi connectivity index (χ1) is 14.1. The van der Waals surface area contributed by atoms with Gasteiger partial charge in [-0.05, 0) is 43.2 Å². The third kappa shape index (κ3) is 4.23. The van der Waals surface area contributed by atoms with E-state index in [0.29, 0.717) is 5.56 Å². The molecule has 0 atom stereocenters. The molecule has 0 bridgehead atoms. The minimum absolute atomic E-state index is 0.0380. The Bertz CT molecular complexity index is 1030. The van der Waals surface area contributed by atoms with E-state index in [0.717, 1.165) is 28.2 Å². The molecule has 2 aromatic carbocycles. The molecular weight excluding hydrogens is 397 g/mol. The number of benzene rings is 2. The average Bonchev–Trinajstić information content (AvgIpc) is 2.90. The number of nitrogens with zero attached hydrogens (tertiary/aromatic N) is 1. The van der Waals surface area contributed by atoms with Crippen molar-refractivity contribution in [2.24, 2.45) is 0 Å². The molecule has 1 N–H and O–H groups in total. The summed E-state index contributed by atoms with van der Waals surface area (Å²) in [5.41, 5.74) is 1.60.